The van der Waals surface area contributed by atoms with Crippen molar-refractivity contribution in [2.24, 2.45) is 0 Å². The standard InChI is InChI=1S/C26H25NO7S/c1-31-18-8-6-7-17(13-18)27-25(29)16-35-24-10-5-4-9-21(24)26(30)34-15-22(28)20-12-11-19(32-2)14-23(20)33-3/h4-14H,15-16H2,1-3H3,(H,27,29). The van der Waals surface area contributed by atoms with Crippen LogP contribution in [0.15, 0.2) is 71.6 Å². The zero-order valence-corrected chi connectivity index (χ0v) is 20.3. The summed E-state index contributed by atoms with van der Waals surface area (Å²) in [5.41, 5.74) is 1.15. The summed E-state index contributed by atoms with van der Waals surface area (Å²) in [7, 11) is 4.50. The van der Waals surface area contributed by atoms with E-state index < -0.39 is 18.4 Å². The molecule has 0 fully saturated rings. The number of amides is 1. The van der Waals surface area contributed by atoms with E-state index in [0.717, 1.165) is 0 Å². The van der Waals surface area contributed by atoms with Gasteiger partial charge in [-0.1, -0.05) is 18.2 Å². The maximum atomic E-state index is 12.7. The zero-order valence-electron chi connectivity index (χ0n) is 19.5. The second-order valence-corrected chi connectivity index (χ2v) is 8.15. The van der Waals surface area contributed by atoms with Gasteiger partial charge in [0, 0.05) is 22.7 Å². The van der Waals surface area contributed by atoms with Crippen molar-refractivity contribution in [3.8, 4) is 17.2 Å². The summed E-state index contributed by atoms with van der Waals surface area (Å²) in [6.45, 7) is -0.461. The number of Topliss-reactive ketones (excluding diaryl/α,β-unsaturated/α-hetero) is 1. The molecule has 0 saturated heterocycles. The van der Waals surface area contributed by atoms with E-state index in [1.807, 2.05) is 0 Å². The molecule has 8 nitrogen and oxygen atoms in total. The van der Waals surface area contributed by atoms with Gasteiger partial charge >= 0.3 is 5.97 Å². The molecule has 9 heteroatoms. The predicted octanol–water partition coefficient (Wildman–Crippen LogP) is 4.48. The molecule has 3 aromatic carbocycles. The van der Waals surface area contributed by atoms with Crippen LogP contribution in [0.1, 0.15) is 20.7 Å². The Morgan fingerprint density at radius 2 is 1.54 bits per heavy atom. The number of methoxy groups -OCH3 is 3. The average Bonchev–Trinajstić information content (AvgIpc) is 2.90. The van der Waals surface area contributed by atoms with Crippen molar-refractivity contribution in [3.05, 3.63) is 77.9 Å². The van der Waals surface area contributed by atoms with Crippen LogP contribution in [0.25, 0.3) is 0 Å². The third-order valence-corrected chi connectivity index (χ3v) is 5.94. The number of rotatable bonds is 11. The Labute approximate surface area is 207 Å². The van der Waals surface area contributed by atoms with Gasteiger partial charge in [0.15, 0.2) is 6.61 Å². The van der Waals surface area contributed by atoms with Crippen LogP contribution < -0.4 is 19.5 Å². The summed E-state index contributed by atoms with van der Waals surface area (Å²) in [5, 5.41) is 2.79. The van der Waals surface area contributed by atoms with Crippen LogP contribution >= 0.6 is 11.8 Å². The lowest BCUT2D eigenvalue weighted by Gasteiger charge is -2.11. The molecule has 0 heterocycles. The van der Waals surface area contributed by atoms with E-state index in [2.05, 4.69) is 5.32 Å². The Bertz CT molecular complexity index is 1210. The second-order valence-electron chi connectivity index (χ2n) is 7.13. The molecule has 35 heavy (non-hydrogen) atoms. The third kappa shape index (κ3) is 7.00. The van der Waals surface area contributed by atoms with Crippen molar-refractivity contribution in [1.82, 2.24) is 0 Å². The first-order chi connectivity index (χ1) is 16.9. The first-order valence-electron chi connectivity index (χ1n) is 10.5. The Morgan fingerprint density at radius 3 is 2.29 bits per heavy atom. The van der Waals surface area contributed by atoms with Crippen LogP contribution in [0.2, 0.25) is 0 Å². The molecule has 0 aliphatic rings. The number of anilines is 1. The summed E-state index contributed by atoms with van der Waals surface area (Å²) in [5.74, 6) is 0.241. The molecular formula is C26H25NO7S. The summed E-state index contributed by atoms with van der Waals surface area (Å²) in [6, 6.07) is 18.5. The van der Waals surface area contributed by atoms with Crippen molar-refractivity contribution < 1.29 is 33.3 Å². The Balaban J connectivity index is 1.60. The highest BCUT2D eigenvalue weighted by atomic mass is 32.2. The molecule has 0 unspecified atom stereocenters. The van der Waals surface area contributed by atoms with Crippen molar-refractivity contribution in [2.45, 2.75) is 4.90 Å². The predicted molar refractivity (Wildman–Crippen MR) is 133 cm³/mol. The van der Waals surface area contributed by atoms with E-state index in [9.17, 15) is 14.4 Å². The van der Waals surface area contributed by atoms with Crippen LogP contribution in [-0.4, -0.2) is 51.3 Å². The second kappa shape index (κ2) is 12.5. The van der Waals surface area contributed by atoms with E-state index >= 15 is 0 Å². The van der Waals surface area contributed by atoms with E-state index in [1.165, 1.54) is 26.0 Å². The Hall–Kier alpha value is -3.98. The number of hydrogen-bond acceptors (Lipinski definition) is 8. The maximum Gasteiger partial charge on any atom is 0.339 e. The quantitative estimate of drug-likeness (QED) is 0.236. The van der Waals surface area contributed by atoms with Gasteiger partial charge in [0.1, 0.15) is 17.2 Å². The number of carbonyl (C=O) groups is 3. The minimum absolute atomic E-state index is 0.0729. The minimum Gasteiger partial charge on any atom is -0.497 e. The molecular weight excluding hydrogens is 470 g/mol. The lowest BCUT2D eigenvalue weighted by Crippen LogP contribution is -2.16. The molecule has 0 atom stereocenters. The van der Waals surface area contributed by atoms with E-state index in [1.54, 1.807) is 73.8 Å². The van der Waals surface area contributed by atoms with Gasteiger partial charge in [-0.2, -0.15) is 0 Å². The first kappa shape index (κ1) is 25.6. The van der Waals surface area contributed by atoms with Crippen molar-refractivity contribution in [1.29, 1.82) is 0 Å². The molecule has 0 radical (unpaired) electrons. The number of hydrogen-bond donors (Lipinski definition) is 1. The van der Waals surface area contributed by atoms with Gasteiger partial charge < -0.3 is 24.3 Å². The molecule has 0 bridgehead atoms. The maximum absolute atomic E-state index is 12.7. The van der Waals surface area contributed by atoms with Crippen molar-refractivity contribution in [2.75, 3.05) is 39.0 Å². The van der Waals surface area contributed by atoms with Gasteiger partial charge in [0.2, 0.25) is 11.7 Å². The monoisotopic (exact) mass is 495 g/mol. The number of ether oxygens (including phenoxy) is 4. The smallest absolute Gasteiger partial charge is 0.339 e. The highest BCUT2D eigenvalue weighted by Crippen LogP contribution is 2.26. The average molecular weight is 496 g/mol. The van der Waals surface area contributed by atoms with Crippen LogP contribution in [0, 0.1) is 0 Å². The van der Waals surface area contributed by atoms with Gasteiger partial charge in [-0.05, 0) is 36.4 Å². The number of benzene rings is 3. The lowest BCUT2D eigenvalue weighted by molar-refractivity contribution is -0.113. The van der Waals surface area contributed by atoms with Crippen molar-refractivity contribution in [3.63, 3.8) is 0 Å². The molecule has 1 N–H and O–H groups in total. The molecule has 3 aromatic rings. The fourth-order valence-electron chi connectivity index (χ4n) is 3.12. The molecule has 0 spiro atoms. The van der Waals surface area contributed by atoms with E-state index in [-0.39, 0.29) is 22.8 Å². The number of esters is 1. The minimum atomic E-state index is -0.665. The summed E-state index contributed by atoms with van der Waals surface area (Å²) in [4.78, 5) is 38.3. The molecule has 0 saturated carbocycles. The van der Waals surface area contributed by atoms with Crippen LogP contribution in [0.4, 0.5) is 5.69 Å². The topological polar surface area (TPSA) is 100 Å². The summed E-state index contributed by atoms with van der Waals surface area (Å²) < 4.78 is 20.8. The molecule has 0 aliphatic heterocycles. The highest BCUT2D eigenvalue weighted by molar-refractivity contribution is 8.00. The van der Waals surface area contributed by atoms with Crippen molar-refractivity contribution >= 4 is 35.1 Å². The van der Waals surface area contributed by atoms with Gasteiger partial charge in [-0.25, -0.2) is 4.79 Å². The largest absolute Gasteiger partial charge is 0.497 e. The molecule has 182 valence electrons. The number of ketones is 1. The van der Waals surface area contributed by atoms with Gasteiger partial charge in [-0.3, -0.25) is 9.59 Å². The lowest BCUT2D eigenvalue weighted by atomic mass is 10.1. The first-order valence-corrected chi connectivity index (χ1v) is 11.5. The van der Waals surface area contributed by atoms with E-state index in [4.69, 9.17) is 18.9 Å². The van der Waals surface area contributed by atoms with Crippen LogP contribution in [0.5, 0.6) is 17.2 Å². The fraction of sp³-hybridized carbons (Fsp3) is 0.192. The zero-order chi connectivity index (χ0) is 25.2. The number of thioether (sulfide) groups is 1. The number of nitrogens with one attached hydrogen (secondary N) is 1. The molecule has 1 amide bonds. The summed E-state index contributed by atoms with van der Waals surface area (Å²) in [6.07, 6.45) is 0. The Kier molecular flexibility index (Phi) is 9.14. The molecule has 3 rings (SSSR count). The van der Waals surface area contributed by atoms with Crippen LogP contribution in [-0.2, 0) is 9.53 Å². The number of carbonyl (C=O) groups excluding carboxylic acids is 3. The normalized spacial score (nSPS) is 10.3. The summed E-state index contributed by atoms with van der Waals surface area (Å²) >= 11 is 1.19. The van der Waals surface area contributed by atoms with Gasteiger partial charge in [0.05, 0.1) is 38.2 Å². The van der Waals surface area contributed by atoms with Gasteiger partial charge in [-0.15, -0.1) is 11.8 Å². The Morgan fingerprint density at radius 1 is 0.800 bits per heavy atom. The molecule has 0 aliphatic carbocycles. The van der Waals surface area contributed by atoms with E-state index in [0.29, 0.717) is 27.8 Å². The SMILES string of the molecule is COc1cccc(NC(=O)CSc2ccccc2C(=O)OCC(=O)c2ccc(OC)cc2OC)c1. The third-order valence-electron chi connectivity index (χ3n) is 4.86. The fourth-order valence-corrected chi connectivity index (χ4v) is 3.96. The highest BCUT2D eigenvalue weighted by Gasteiger charge is 2.19. The molecule has 0 aromatic heterocycles. The van der Waals surface area contributed by atoms with Crippen LogP contribution in [0.3, 0.4) is 0 Å². The van der Waals surface area contributed by atoms with Gasteiger partial charge in [0.25, 0.3) is 0 Å².